The van der Waals surface area contributed by atoms with Crippen LogP contribution in [0.3, 0.4) is 0 Å². The largest absolute Gasteiger partial charge is 0.419 e. The molecule has 1 aromatic heterocycles. The predicted molar refractivity (Wildman–Crippen MR) is 79.6 cm³/mol. The van der Waals surface area contributed by atoms with Crippen molar-refractivity contribution in [3.05, 3.63) is 35.7 Å². The van der Waals surface area contributed by atoms with E-state index in [4.69, 9.17) is 4.42 Å². The molecule has 1 saturated carbocycles. The summed E-state index contributed by atoms with van der Waals surface area (Å²) in [4.78, 5) is 0. The summed E-state index contributed by atoms with van der Waals surface area (Å²) in [5, 5.41) is 21.2. The van der Waals surface area contributed by atoms with Crippen LogP contribution >= 0.6 is 0 Å². The molecule has 1 aliphatic carbocycles. The van der Waals surface area contributed by atoms with E-state index in [2.05, 4.69) is 15.5 Å². The van der Waals surface area contributed by atoms with Crippen molar-refractivity contribution in [3.63, 3.8) is 0 Å². The van der Waals surface area contributed by atoms with Gasteiger partial charge in [-0.15, -0.1) is 10.2 Å². The Morgan fingerprint density at radius 3 is 2.71 bits per heavy atom. The fourth-order valence-electron chi connectivity index (χ4n) is 2.95. The zero-order chi connectivity index (χ0) is 14.7. The lowest BCUT2D eigenvalue weighted by Gasteiger charge is -2.27. The Kier molecular flexibility index (Phi) is 4.03. The maximum atomic E-state index is 9.59. The Bertz CT molecular complexity index is 603. The number of rotatable bonds is 5. The summed E-state index contributed by atoms with van der Waals surface area (Å²) < 4.78 is 5.73. The van der Waals surface area contributed by atoms with Crippen molar-refractivity contribution in [3.8, 4) is 11.5 Å². The minimum atomic E-state index is -0.169. The highest BCUT2D eigenvalue weighted by molar-refractivity contribution is 5.57. The second kappa shape index (κ2) is 5.95. The van der Waals surface area contributed by atoms with Gasteiger partial charge in [0.05, 0.1) is 13.2 Å². The molecule has 0 radical (unpaired) electrons. The van der Waals surface area contributed by atoms with E-state index >= 15 is 0 Å². The number of nitrogens with zero attached hydrogens (tertiary/aromatic N) is 2. The van der Waals surface area contributed by atoms with Crippen LogP contribution < -0.4 is 5.32 Å². The quantitative estimate of drug-likeness (QED) is 0.884. The van der Waals surface area contributed by atoms with Crippen LogP contribution in [0, 0.1) is 6.92 Å². The van der Waals surface area contributed by atoms with Gasteiger partial charge < -0.3 is 14.8 Å². The van der Waals surface area contributed by atoms with Crippen molar-refractivity contribution in [1.82, 2.24) is 15.5 Å². The Labute approximate surface area is 124 Å². The number of hydrogen-bond acceptors (Lipinski definition) is 5. The van der Waals surface area contributed by atoms with Gasteiger partial charge in [0.2, 0.25) is 11.8 Å². The Hall–Kier alpha value is -1.72. The van der Waals surface area contributed by atoms with Crippen LogP contribution in [0.2, 0.25) is 0 Å². The van der Waals surface area contributed by atoms with Gasteiger partial charge in [0.25, 0.3) is 0 Å². The van der Waals surface area contributed by atoms with Gasteiger partial charge in [0, 0.05) is 11.1 Å². The van der Waals surface area contributed by atoms with Crippen molar-refractivity contribution in [2.75, 3.05) is 6.61 Å². The molecule has 0 aliphatic heterocycles. The third-order valence-corrected chi connectivity index (χ3v) is 4.32. The van der Waals surface area contributed by atoms with Gasteiger partial charge >= 0.3 is 0 Å². The van der Waals surface area contributed by atoms with Gasteiger partial charge in [-0.2, -0.15) is 0 Å². The molecule has 2 aromatic rings. The molecule has 1 aliphatic rings. The minimum Gasteiger partial charge on any atom is -0.419 e. The van der Waals surface area contributed by atoms with Crippen LogP contribution in [0.1, 0.15) is 37.1 Å². The van der Waals surface area contributed by atoms with E-state index in [1.807, 2.05) is 31.2 Å². The van der Waals surface area contributed by atoms with Gasteiger partial charge in [-0.3, -0.25) is 0 Å². The van der Waals surface area contributed by atoms with E-state index in [1.54, 1.807) is 0 Å². The zero-order valence-corrected chi connectivity index (χ0v) is 12.3. The molecule has 1 aromatic carbocycles. The lowest BCUT2D eigenvalue weighted by Crippen LogP contribution is -2.45. The second-order valence-corrected chi connectivity index (χ2v) is 5.81. The minimum absolute atomic E-state index is 0.159. The first-order valence-corrected chi connectivity index (χ1v) is 7.47. The molecule has 5 heteroatoms. The zero-order valence-electron chi connectivity index (χ0n) is 12.3. The standard InChI is InChI=1S/C16H21N3O2/c1-12-6-2-3-7-13(12)15-19-18-14(21-15)10-17-16(11-20)8-4-5-9-16/h2-3,6-7,17,20H,4-5,8-11H2,1H3. The van der Waals surface area contributed by atoms with Crippen molar-refractivity contribution in [2.24, 2.45) is 0 Å². The van der Waals surface area contributed by atoms with Crippen molar-refractivity contribution >= 4 is 0 Å². The molecule has 21 heavy (non-hydrogen) atoms. The molecule has 3 rings (SSSR count). The average molecular weight is 287 g/mol. The Morgan fingerprint density at radius 2 is 2.00 bits per heavy atom. The number of hydrogen-bond donors (Lipinski definition) is 2. The maximum absolute atomic E-state index is 9.59. The molecule has 0 unspecified atom stereocenters. The lowest BCUT2D eigenvalue weighted by atomic mass is 9.99. The van der Waals surface area contributed by atoms with Crippen LogP contribution in [-0.2, 0) is 6.54 Å². The predicted octanol–water partition coefficient (Wildman–Crippen LogP) is 2.44. The summed E-state index contributed by atoms with van der Waals surface area (Å²) in [6.07, 6.45) is 4.32. The Morgan fingerprint density at radius 1 is 1.24 bits per heavy atom. The number of benzene rings is 1. The number of aliphatic hydroxyl groups is 1. The van der Waals surface area contributed by atoms with Crippen LogP contribution in [0.15, 0.2) is 28.7 Å². The highest BCUT2D eigenvalue weighted by atomic mass is 16.4. The molecule has 2 N–H and O–H groups in total. The van der Waals surface area contributed by atoms with Crippen molar-refractivity contribution in [2.45, 2.75) is 44.7 Å². The van der Waals surface area contributed by atoms with Gasteiger partial charge in [-0.1, -0.05) is 31.0 Å². The van der Waals surface area contributed by atoms with E-state index in [-0.39, 0.29) is 12.1 Å². The molecule has 0 amide bonds. The first-order valence-electron chi connectivity index (χ1n) is 7.47. The number of nitrogens with one attached hydrogen (secondary N) is 1. The van der Waals surface area contributed by atoms with Crippen LogP contribution in [-0.4, -0.2) is 27.4 Å². The average Bonchev–Trinajstić information content (AvgIpc) is 3.16. The molecule has 0 bridgehead atoms. The number of aliphatic hydroxyl groups excluding tert-OH is 1. The summed E-state index contributed by atoms with van der Waals surface area (Å²) in [6, 6.07) is 7.95. The van der Waals surface area contributed by atoms with Crippen molar-refractivity contribution in [1.29, 1.82) is 0 Å². The van der Waals surface area contributed by atoms with Gasteiger partial charge in [-0.25, -0.2) is 0 Å². The van der Waals surface area contributed by atoms with Gasteiger partial charge in [0.1, 0.15) is 0 Å². The number of aromatic nitrogens is 2. The third-order valence-electron chi connectivity index (χ3n) is 4.32. The Balaban J connectivity index is 1.70. The first-order chi connectivity index (χ1) is 10.2. The van der Waals surface area contributed by atoms with Crippen LogP contribution in [0.25, 0.3) is 11.5 Å². The highest BCUT2D eigenvalue weighted by Crippen LogP contribution is 2.29. The summed E-state index contributed by atoms with van der Waals surface area (Å²) in [5.74, 6) is 1.11. The monoisotopic (exact) mass is 287 g/mol. The number of aryl methyl sites for hydroxylation is 1. The highest BCUT2D eigenvalue weighted by Gasteiger charge is 2.32. The van der Waals surface area contributed by atoms with Gasteiger partial charge in [0.15, 0.2) is 0 Å². The summed E-state index contributed by atoms with van der Waals surface area (Å²) in [5.41, 5.74) is 1.91. The molecule has 1 fully saturated rings. The molecular formula is C16H21N3O2. The fourth-order valence-corrected chi connectivity index (χ4v) is 2.95. The molecule has 0 spiro atoms. The van der Waals surface area contributed by atoms with E-state index in [0.717, 1.165) is 36.8 Å². The SMILES string of the molecule is Cc1ccccc1-c1nnc(CNC2(CO)CCCC2)o1. The maximum Gasteiger partial charge on any atom is 0.248 e. The summed E-state index contributed by atoms with van der Waals surface area (Å²) in [7, 11) is 0. The summed E-state index contributed by atoms with van der Waals surface area (Å²) >= 11 is 0. The summed E-state index contributed by atoms with van der Waals surface area (Å²) in [6.45, 7) is 2.68. The van der Waals surface area contributed by atoms with Gasteiger partial charge in [-0.05, 0) is 31.4 Å². The molecular weight excluding hydrogens is 266 g/mol. The fraction of sp³-hybridized carbons (Fsp3) is 0.500. The molecule has 0 saturated heterocycles. The van der Waals surface area contributed by atoms with E-state index < -0.39 is 0 Å². The van der Waals surface area contributed by atoms with Crippen LogP contribution in [0.4, 0.5) is 0 Å². The first kappa shape index (κ1) is 14.2. The topological polar surface area (TPSA) is 71.2 Å². The lowest BCUT2D eigenvalue weighted by molar-refractivity contribution is 0.159. The second-order valence-electron chi connectivity index (χ2n) is 5.81. The molecule has 1 heterocycles. The van der Waals surface area contributed by atoms with Crippen molar-refractivity contribution < 1.29 is 9.52 Å². The normalized spacial score (nSPS) is 17.2. The smallest absolute Gasteiger partial charge is 0.248 e. The van der Waals surface area contributed by atoms with E-state index in [9.17, 15) is 5.11 Å². The van der Waals surface area contributed by atoms with Crippen LogP contribution in [0.5, 0.6) is 0 Å². The molecule has 5 nitrogen and oxygen atoms in total. The van der Waals surface area contributed by atoms with E-state index in [1.165, 1.54) is 0 Å². The third kappa shape index (κ3) is 2.99. The van der Waals surface area contributed by atoms with E-state index in [0.29, 0.717) is 18.3 Å². The molecule has 112 valence electrons. The molecule has 0 atom stereocenters.